The number of fused-ring (bicyclic) bond motifs is 3. The molecule has 0 spiro atoms. The summed E-state index contributed by atoms with van der Waals surface area (Å²) < 4.78 is 24.8. The number of hydrogen-bond donors (Lipinski definition) is 2. The molecule has 1 aromatic carbocycles. The molecule has 2 N–H and O–H groups in total. The Morgan fingerprint density at radius 3 is 2.62 bits per heavy atom. The molecule has 4 heterocycles. The summed E-state index contributed by atoms with van der Waals surface area (Å²) in [6.45, 7) is 3.47. The van der Waals surface area contributed by atoms with Gasteiger partial charge in [-0.3, -0.25) is 4.79 Å². The van der Waals surface area contributed by atoms with Crippen LogP contribution in [0.2, 0.25) is 0 Å². The van der Waals surface area contributed by atoms with Crippen LogP contribution in [0.15, 0.2) is 18.5 Å². The third-order valence-electron chi connectivity index (χ3n) is 6.90. The highest BCUT2D eigenvalue weighted by atomic mass is 16.7. The zero-order valence-corrected chi connectivity index (χ0v) is 18.6. The van der Waals surface area contributed by atoms with Crippen molar-refractivity contribution in [3.8, 4) is 11.5 Å². The lowest BCUT2D eigenvalue weighted by Crippen LogP contribution is -2.60. The van der Waals surface area contributed by atoms with Crippen LogP contribution in [0.1, 0.15) is 25.8 Å². The van der Waals surface area contributed by atoms with Crippen LogP contribution in [0.4, 0.5) is 0 Å². The molecule has 1 aromatic heterocycles. The van der Waals surface area contributed by atoms with Gasteiger partial charge < -0.3 is 38.8 Å². The van der Waals surface area contributed by atoms with Crippen molar-refractivity contribution in [1.82, 2.24) is 19.8 Å². The first-order valence-corrected chi connectivity index (χ1v) is 11.1. The molecular weight excluding hydrogens is 416 g/mol. The molecule has 0 aliphatic carbocycles. The van der Waals surface area contributed by atoms with Crippen LogP contribution >= 0.6 is 0 Å². The van der Waals surface area contributed by atoms with Gasteiger partial charge in [0.2, 0.25) is 5.91 Å². The summed E-state index contributed by atoms with van der Waals surface area (Å²) in [7, 11) is 3.17. The Hall–Kier alpha value is -2.40. The first-order chi connectivity index (χ1) is 15.5. The van der Waals surface area contributed by atoms with Crippen molar-refractivity contribution in [2.24, 2.45) is 0 Å². The van der Waals surface area contributed by atoms with Gasteiger partial charge >= 0.3 is 0 Å². The average Bonchev–Trinajstić information content (AvgIpc) is 3.41. The minimum atomic E-state index is -0.738. The first-order valence-electron chi connectivity index (χ1n) is 11.1. The number of rotatable bonds is 5. The lowest BCUT2D eigenvalue weighted by atomic mass is 9.93. The van der Waals surface area contributed by atoms with Crippen molar-refractivity contribution < 1.29 is 28.8 Å². The van der Waals surface area contributed by atoms with Gasteiger partial charge in [0.05, 0.1) is 50.3 Å². The van der Waals surface area contributed by atoms with Crippen LogP contribution in [-0.4, -0.2) is 90.0 Å². The first kappa shape index (κ1) is 21.4. The Morgan fingerprint density at radius 1 is 1.22 bits per heavy atom. The molecule has 0 radical (unpaired) electrons. The highest BCUT2D eigenvalue weighted by Gasteiger charge is 2.51. The van der Waals surface area contributed by atoms with Gasteiger partial charge in [-0.15, -0.1) is 0 Å². The maximum absolute atomic E-state index is 11.6. The quantitative estimate of drug-likeness (QED) is 0.691. The molecule has 5 rings (SSSR count). The second-order valence-corrected chi connectivity index (χ2v) is 8.68. The van der Waals surface area contributed by atoms with Crippen LogP contribution < -0.4 is 14.8 Å². The lowest BCUT2D eigenvalue weighted by molar-refractivity contribution is -0.166. The van der Waals surface area contributed by atoms with Gasteiger partial charge in [-0.1, -0.05) is 0 Å². The minimum Gasteiger partial charge on any atom is -0.493 e. The second-order valence-electron chi connectivity index (χ2n) is 8.68. The summed E-state index contributed by atoms with van der Waals surface area (Å²) in [6.07, 6.45) is 1.87. The number of aliphatic hydroxyl groups excluding tert-OH is 1. The number of imidazole rings is 1. The number of carbonyl (C=O) groups excluding carboxylic acids is 1. The molecule has 10 heteroatoms. The Labute approximate surface area is 186 Å². The molecule has 10 nitrogen and oxygen atoms in total. The topological polar surface area (TPSA) is 107 Å². The van der Waals surface area contributed by atoms with Gasteiger partial charge in [0.1, 0.15) is 12.1 Å². The lowest BCUT2D eigenvalue weighted by Gasteiger charge is -2.42. The highest BCUT2D eigenvalue weighted by Crippen LogP contribution is 2.39. The number of aromatic nitrogens is 2. The smallest absolute Gasteiger partial charge is 0.219 e. The van der Waals surface area contributed by atoms with Gasteiger partial charge in [-0.2, -0.15) is 0 Å². The number of hydrogen-bond acceptors (Lipinski definition) is 8. The molecule has 3 fully saturated rings. The summed E-state index contributed by atoms with van der Waals surface area (Å²) in [5.41, 5.74) is 1.54. The predicted octanol–water partition coefficient (Wildman–Crippen LogP) is 0.680. The van der Waals surface area contributed by atoms with E-state index in [1.165, 1.54) is 0 Å². The molecule has 3 aliphatic rings. The number of aliphatic hydroxyl groups is 1. The second kappa shape index (κ2) is 8.51. The van der Waals surface area contributed by atoms with E-state index in [0.29, 0.717) is 18.1 Å². The molecule has 1 amide bonds. The Balaban J connectivity index is 1.40. The predicted molar refractivity (Wildman–Crippen MR) is 115 cm³/mol. The van der Waals surface area contributed by atoms with Gasteiger partial charge in [-0.05, 0) is 12.8 Å². The molecule has 174 valence electrons. The molecule has 0 unspecified atom stereocenters. The molecule has 3 aliphatic heterocycles. The van der Waals surface area contributed by atoms with Crippen molar-refractivity contribution in [2.75, 3.05) is 33.9 Å². The zero-order chi connectivity index (χ0) is 22.4. The normalized spacial score (nSPS) is 30.6. The maximum atomic E-state index is 11.6. The number of benzene rings is 1. The number of nitrogens with one attached hydrogen (secondary N) is 1. The van der Waals surface area contributed by atoms with Gasteiger partial charge in [0.25, 0.3) is 0 Å². The fraction of sp³-hybridized carbons (Fsp3) is 0.636. The summed E-state index contributed by atoms with van der Waals surface area (Å²) >= 11 is 0. The van der Waals surface area contributed by atoms with E-state index in [4.69, 9.17) is 18.9 Å². The number of amides is 1. The zero-order valence-electron chi connectivity index (χ0n) is 18.6. The molecule has 2 aromatic rings. The van der Waals surface area contributed by atoms with Crippen molar-refractivity contribution in [2.45, 2.75) is 56.4 Å². The Kier molecular flexibility index (Phi) is 5.70. The minimum absolute atomic E-state index is 0.107. The number of methoxy groups -OCH3 is 2. The van der Waals surface area contributed by atoms with Crippen molar-refractivity contribution in [3.05, 3.63) is 18.5 Å². The SMILES string of the molecule is COc1cc2ncn([C@H]3[C@@H]4OC[C@@H](O4)[C@@H](NC4CCN(C(C)=O)CC4)[C@@H]3O)c2cc1OC. The fourth-order valence-corrected chi connectivity index (χ4v) is 5.13. The Morgan fingerprint density at radius 2 is 1.94 bits per heavy atom. The van der Waals surface area contributed by atoms with Crippen molar-refractivity contribution >= 4 is 16.9 Å². The van der Waals surface area contributed by atoms with E-state index in [0.717, 1.165) is 37.0 Å². The van der Waals surface area contributed by atoms with E-state index in [-0.39, 0.29) is 24.1 Å². The van der Waals surface area contributed by atoms with Gasteiger partial charge in [0, 0.05) is 38.2 Å². The van der Waals surface area contributed by atoms with E-state index < -0.39 is 18.4 Å². The van der Waals surface area contributed by atoms with Gasteiger partial charge in [0.15, 0.2) is 17.8 Å². The number of likely N-dealkylation sites (tertiary alicyclic amines) is 1. The highest BCUT2D eigenvalue weighted by molar-refractivity contribution is 5.80. The number of ether oxygens (including phenoxy) is 4. The van der Waals surface area contributed by atoms with E-state index >= 15 is 0 Å². The standard InChI is InChI=1S/C22H30N4O6/c1-12(27)25-6-4-13(5-7-25)24-19-18-10-31-22(32-18)20(21(19)28)26-11-23-14-8-16(29-2)17(30-3)9-15(14)26/h8-9,11,13,18-22,24,28H,4-7,10H2,1-3H3/t18-,19-,20-,21+,22-/m1/s1. The summed E-state index contributed by atoms with van der Waals surface area (Å²) in [5, 5.41) is 15.1. The van der Waals surface area contributed by atoms with Crippen LogP contribution in [0.5, 0.6) is 11.5 Å². The number of carbonyl (C=O) groups is 1. The molecule has 32 heavy (non-hydrogen) atoms. The van der Waals surface area contributed by atoms with Crippen LogP contribution in [0, 0.1) is 0 Å². The fourth-order valence-electron chi connectivity index (χ4n) is 5.13. The van der Waals surface area contributed by atoms with E-state index in [1.54, 1.807) is 27.5 Å². The molecular formula is C22H30N4O6. The van der Waals surface area contributed by atoms with Crippen molar-refractivity contribution in [3.63, 3.8) is 0 Å². The monoisotopic (exact) mass is 446 g/mol. The molecule has 3 saturated heterocycles. The average molecular weight is 447 g/mol. The molecule has 2 bridgehead atoms. The molecule has 5 atom stereocenters. The summed E-state index contributed by atoms with van der Waals surface area (Å²) in [5.74, 6) is 1.29. The summed E-state index contributed by atoms with van der Waals surface area (Å²) in [6, 6.07) is 3.12. The Bertz CT molecular complexity index is 988. The largest absolute Gasteiger partial charge is 0.493 e. The number of nitrogens with zero attached hydrogens (tertiary/aromatic N) is 3. The number of piperidine rings is 1. The third-order valence-corrected chi connectivity index (χ3v) is 6.90. The molecule has 0 saturated carbocycles. The van der Waals surface area contributed by atoms with Gasteiger partial charge in [-0.25, -0.2) is 4.98 Å². The maximum Gasteiger partial charge on any atom is 0.219 e. The van der Waals surface area contributed by atoms with Crippen LogP contribution in [0.25, 0.3) is 11.0 Å². The summed E-state index contributed by atoms with van der Waals surface area (Å²) in [4.78, 5) is 18.0. The van der Waals surface area contributed by atoms with E-state index in [2.05, 4.69) is 10.3 Å². The van der Waals surface area contributed by atoms with Crippen LogP contribution in [-0.2, 0) is 14.3 Å². The third kappa shape index (κ3) is 3.61. The van der Waals surface area contributed by atoms with Crippen LogP contribution in [0.3, 0.4) is 0 Å². The van der Waals surface area contributed by atoms with Crippen molar-refractivity contribution in [1.29, 1.82) is 0 Å². The van der Waals surface area contributed by atoms with E-state index in [1.807, 2.05) is 21.6 Å². The van der Waals surface area contributed by atoms with E-state index in [9.17, 15) is 9.90 Å².